The zero-order chi connectivity index (χ0) is 30.3. The molecule has 1 unspecified atom stereocenters. The summed E-state index contributed by atoms with van der Waals surface area (Å²) in [6.45, 7) is 15.3. The van der Waals surface area contributed by atoms with Gasteiger partial charge < -0.3 is 15.1 Å². The van der Waals surface area contributed by atoms with Gasteiger partial charge in [-0.2, -0.15) is 0 Å². The molecule has 7 nitrogen and oxygen atoms in total. The Bertz CT molecular complexity index is 875. The first kappa shape index (κ1) is 36.9. The van der Waals surface area contributed by atoms with Gasteiger partial charge in [-0.05, 0) is 38.3 Å². The Labute approximate surface area is 240 Å². The molecule has 1 atom stereocenters. The number of hydrogen-bond donors (Lipinski definition) is 1. The summed E-state index contributed by atoms with van der Waals surface area (Å²) in [4.78, 5) is 38.2. The van der Waals surface area contributed by atoms with E-state index in [0.29, 0.717) is 31.0 Å². The van der Waals surface area contributed by atoms with Crippen molar-refractivity contribution in [1.29, 1.82) is 0 Å². The predicted molar refractivity (Wildman–Crippen MR) is 159 cm³/mol. The molecule has 0 saturated carbocycles. The Morgan fingerprint density at radius 2 is 1.77 bits per heavy atom. The smallest absolute Gasteiger partial charge is 0.251 e. The fourth-order valence-corrected chi connectivity index (χ4v) is 4.32. The molecular weight excluding hydrogens is 514 g/mol. The van der Waals surface area contributed by atoms with E-state index < -0.39 is 6.43 Å². The molecule has 0 aliphatic carbocycles. The van der Waals surface area contributed by atoms with Gasteiger partial charge in [-0.1, -0.05) is 69.8 Å². The van der Waals surface area contributed by atoms with Gasteiger partial charge in [0.15, 0.2) is 0 Å². The molecule has 0 aromatic heterocycles. The maximum Gasteiger partial charge on any atom is 0.251 e. The summed E-state index contributed by atoms with van der Waals surface area (Å²) >= 11 is 0. The topological polar surface area (TPSA) is 73.0 Å². The van der Waals surface area contributed by atoms with Gasteiger partial charge in [0.05, 0.1) is 6.54 Å². The summed E-state index contributed by atoms with van der Waals surface area (Å²) in [7, 11) is 1.59. The molecule has 3 rings (SSSR count). The minimum Gasteiger partial charge on any atom is -0.355 e. The monoisotopic (exact) mass is 564 g/mol. The van der Waals surface area contributed by atoms with Crippen molar-refractivity contribution in [3.63, 3.8) is 0 Å². The van der Waals surface area contributed by atoms with E-state index in [1.807, 2.05) is 36.6 Å². The number of benzene rings is 1. The Kier molecular flexibility index (Phi) is 21.0. The van der Waals surface area contributed by atoms with E-state index in [2.05, 4.69) is 36.2 Å². The van der Waals surface area contributed by atoms with Crippen LogP contribution in [0.15, 0.2) is 54.6 Å². The van der Waals surface area contributed by atoms with Crippen LogP contribution < -0.4 is 5.32 Å². The minimum absolute atomic E-state index is 0.0903. The van der Waals surface area contributed by atoms with Crippen LogP contribution >= 0.6 is 0 Å². The van der Waals surface area contributed by atoms with Gasteiger partial charge >= 0.3 is 0 Å². The van der Waals surface area contributed by atoms with Crippen LogP contribution in [-0.4, -0.2) is 92.2 Å². The minimum atomic E-state index is -2.32. The van der Waals surface area contributed by atoms with Crippen molar-refractivity contribution in [1.82, 2.24) is 20.0 Å². The Morgan fingerprint density at radius 1 is 1.15 bits per heavy atom. The highest BCUT2D eigenvalue weighted by Gasteiger charge is 2.22. The molecule has 1 aromatic rings. The van der Waals surface area contributed by atoms with E-state index in [1.54, 1.807) is 24.9 Å². The van der Waals surface area contributed by atoms with Gasteiger partial charge in [-0.25, -0.2) is 8.78 Å². The van der Waals surface area contributed by atoms with Gasteiger partial charge in [0.1, 0.15) is 0 Å². The molecule has 2 aliphatic rings. The van der Waals surface area contributed by atoms with Crippen molar-refractivity contribution in [3.05, 3.63) is 60.2 Å². The number of likely N-dealkylation sites (N-methyl/N-ethyl adjacent to an activating group) is 1. The van der Waals surface area contributed by atoms with Crippen molar-refractivity contribution < 1.29 is 23.2 Å². The second-order valence-electron chi connectivity index (χ2n) is 9.15. The number of amides is 3. The number of halogens is 2. The third kappa shape index (κ3) is 14.9. The van der Waals surface area contributed by atoms with E-state index in [-0.39, 0.29) is 18.4 Å². The highest BCUT2D eigenvalue weighted by molar-refractivity contribution is 5.95. The highest BCUT2D eigenvalue weighted by Crippen LogP contribution is 2.25. The molecule has 40 heavy (non-hydrogen) atoms. The summed E-state index contributed by atoms with van der Waals surface area (Å²) < 4.78 is 24.3. The number of hydrogen-bond acceptors (Lipinski definition) is 4. The van der Waals surface area contributed by atoms with Crippen LogP contribution in [0.4, 0.5) is 8.78 Å². The maximum absolute atomic E-state index is 12.2. The average Bonchev–Trinajstić information content (AvgIpc) is 3.71. The quantitative estimate of drug-likeness (QED) is 0.244. The first-order chi connectivity index (χ1) is 19.3. The van der Waals surface area contributed by atoms with Gasteiger partial charge in [-0.15, -0.1) is 0 Å². The Morgan fingerprint density at radius 3 is 2.20 bits per heavy atom. The largest absolute Gasteiger partial charge is 0.355 e. The second-order valence-corrected chi connectivity index (χ2v) is 9.15. The molecule has 0 radical (unpaired) electrons. The predicted octanol–water partition coefficient (Wildman–Crippen LogP) is 5.11. The lowest BCUT2D eigenvalue weighted by Crippen LogP contribution is -2.34. The molecule has 1 N–H and O–H groups in total. The van der Waals surface area contributed by atoms with Crippen molar-refractivity contribution >= 4 is 18.2 Å². The molecule has 2 aliphatic heterocycles. The Hall–Kier alpha value is -3.07. The van der Waals surface area contributed by atoms with E-state index in [4.69, 9.17) is 0 Å². The van der Waals surface area contributed by atoms with Crippen molar-refractivity contribution in [2.24, 2.45) is 0 Å². The fourth-order valence-electron chi connectivity index (χ4n) is 4.32. The van der Waals surface area contributed by atoms with E-state index in [9.17, 15) is 23.2 Å². The van der Waals surface area contributed by atoms with Crippen molar-refractivity contribution in [3.8, 4) is 0 Å². The molecule has 9 heteroatoms. The molecule has 1 aromatic carbocycles. The van der Waals surface area contributed by atoms with Crippen LogP contribution in [0.1, 0.15) is 64.9 Å². The number of nitrogens with one attached hydrogen (secondary N) is 1. The van der Waals surface area contributed by atoms with Gasteiger partial charge in [-0.3, -0.25) is 19.3 Å². The van der Waals surface area contributed by atoms with E-state index in [0.717, 1.165) is 51.9 Å². The lowest BCUT2D eigenvalue weighted by Gasteiger charge is -2.21. The van der Waals surface area contributed by atoms with Crippen molar-refractivity contribution in [2.45, 2.75) is 65.7 Å². The molecular formula is C31H50F2N4O3. The first-order valence-electron chi connectivity index (χ1n) is 14.3. The number of carbonyl (C=O) groups is 3. The second kappa shape index (κ2) is 22.7. The lowest BCUT2D eigenvalue weighted by atomic mass is 9.99. The molecule has 2 heterocycles. The van der Waals surface area contributed by atoms with Crippen LogP contribution in [0, 0.1) is 0 Å². The Balaban J connectivity index is 0.000000573. The third-order valence-electron chi connectivity index (χ3n) is 6.60. The number of alkyl halides is 2. The zero-order valence-electron chi connectivity index (χ0n) is 25.1. The SMILES string of the molecule is C=C/C(=C\C)C(=O)NC.CC.CCN(CCC(=O)N1CCCC1)CC(F)F.O=CN1CCC(c2ccccc2)C1. The van der Waals surface area contributed by atoms with Crippen molar-refractivity contribution in [2.75, 3.05) is 52.9 Å². The van der Waals surface area contributed by atoms with Gasteiger partial charge in [0.25, 0.3) is 12.3 Å². The molecule has 3 amide bonds. The molecule has 2 fully saturated rings. The van der Waals surface area contributed by atoms with Crippen LogP contribution in [-0.2, 0) is 14.4 Å². The third-order valence-corrected chi connectivity index (χ3v) is 6.60. The molecule has 226 valence electrons. The summed E-state index contributed by atoms with van der Waals surface area (Å²) in [6, 6.07) is 10.4. The summed E-state index contributed by atoms with van der Waals surface area (Å²) in [5.74, 6) is 0.559. The maximum atomic E-state index is 12.2. The van der Waals surface area contributed by atoms with E-state index >= 15 is 0 Å². The fraction of sp³-hybridized carbons (Fsp3) is 0.581. The number of rotatable bonds is 10. The number of carbonyl (C=O) groups excluding carboxylic acids is 3. The average molecular weight is 565 g/mol. The van der Waals surface area contributed by atoms with Crippen LogP contribution in [0.2, 0.25) is 0 Å². The van der Waals surface area contributed by atoms with Gasteiger partial charge in [0, 0.05) is 57.7 Å². The number of nitrogens with zero attached hydrogens (tertiary/aromatic N) is 3. The molecule has 0 bridgehead atoms. The summed E-state index contributed by atoms with van der Waals surface area (Å²) in [5, 5.41) is 2.49. The van der Waals surface area contributed by atoms with Gasteiger partial charge in [0.2, 0.25) is 12.3 Å². The van der Waals surface area contributed by atoms with Crippen LogP contribution in [0.3, 0.4) is 0 Å². The summed E-state index contributed by atoms with van der Waals surface area (Å²) in [5.41, 5.74) is 1.96. The van der Waals surface area contributed by atoms with Crippen LogP contribution in [0.25, 0.3) is 0 Å². The van der Waals surface area contributed by atoms with Crippen LogP contribution in [0.5, 0.6) is 0 Å². The first-order valence-corrected chi connectivity index (χ1v) is 14.3. The highest BCUT2D eigenvalue weighted by atomic mass is 19.3. The zero-order valence-corrected chi connectivity index (χ0v) is 25.1. The molecule has 2 saturated heterocycles. The number of likely N-dealkylation sites (tertiary alicyclic amines) is 2. The normalized spacial score (nSPS) is 16.2. The molecule has 0 spiro atoms. The van der Waals surface area contributed by atoms with E-state index in [1.165, 1.54) is 11.6 Å². The summed E-state index contributed by atoms with van der Waals surface area (Å²) in [6.07, 6.45) is 5.47. The standard InChI is InChI=1S/C11H20F2N2O.C11H13NO.C7H11NO.C2H6/c1-2-14(9-10(12)13)8-5-11(16)15-6-3-4-7-15;13-9-12-7-6-11(8-12)10-4-2-1-3-5-10;1-4-6(5-2)7(9)8-3;1-2/h10H,2-9H2,1H3;1-5,9,11H,6-8H2;4-5H,1H2,2-3H3,(H,8,9);1-2H3/b;;6-5+;. The lowest BCUT2D eigenvalue weighted by molar-refractivity contribution is -0.130. The number of allylic oxidation sites excluding steroid dienone is 1.